The van der Waals surface area contributed by atoms with E-state index >= 15 is 0 Å². The van der Waals surface area contributed by atoms with Crippen molar-refractivity contribution in [3.63, 3.8) is 0 Å². The molecular weight excluding hydrogens is 242 g/mol. The lowest BCUT2D eigenvalue weighted by molar-refractivity contribution is 0.426. The minimum Gasteiger partial charge on any atom is -0.316 e. The Morgan fingerprint density at radius 2 is 1.50 bits per heavy atom. The fraction of sp³-hybridized carbons (Fsp3) is 0.368. The van der Waals surface area contributed by atoms with E-state index in [2.05, 4.69) is 80.0 Å². The zero-order chi connectivity index (χ0) is 14.2. The van der Waals surface area contributed by atoms with Crippen LogP contribution in [0.3, 0.4) is 0 Å². The van der Waals surface area contributed by atoms with Crippen LogP contribution in [0.2, 0.25) is 0 Å². The second-order valence-corrected chi connectivity index (χ2v) is 5.34. The molecule has 2 atom stereocenters. The monoisotopic (exact) mass is 267 g/mol. The predicted octanol–water partition coefficient (Wildman–Crippen LogP) is 4.40. The summed E-state index contributed by atoms with van der Waals surface area (Å²) in [4.78, 5) is 0. The van der Waals surface area contributed by atoms with E-state index in [9.17, 15) is 0 Å². The van der Waals surface area contributed by atoms with E-state index in [1.54, 1.807) is 0 Å². The maximum absolute atomic E-state index is 3.52. The van der Waals surface area contributed by atoms with E-state index in [1.807, 2.05) is 0 Å². The molecule has 1 heteroatoms. The average molecular weight is 267 g/mol. The van der Waals surface area contributed by atoms with Gasteiger partial charge in [0.15, 0.2) is 0 Å². The molecule has 1 N–H and O–H groups in total. The first kappa shape index (κ1) is 14.8. The van der Waals surface area contributed by atoms with E-state index in [0.717, 1.165) is 6.42 Å². The van der Waals surface area contributed by atoms with Gasteiger partial charge < -0.3 is 5.32 Å². The van der Waals surface area contributed by atoms with Crippen molar-refractivity contribution >= 4 is 0 Å². The van der Waals surface area contributed by atoms with Crippen LogP contribution in [0.4, 0.5) is 0 Å². The van der Waals surface area contributed by atoms with Crippen LogP contribution in [0.5, 0.6) is 0 Å². The molecule has 0 aliphatic rings. The second-order valence-electron chi connectivity index (χ2n) is 5.34. The van der Waals surface area contributed by atoms with Crippen molar-refractivity contribution in [2.45, 2.75) is 38.1 Å². The van der Waals surface area contributed by atoms with Gasteiger partial charge in [-0.15, -0.1) is 0 Å². The minimum absolute atomic E-state index is 0.530. The molecule has 0 aliphatic heterocycles. The molecule has 0 saturated carbocycles. The number of hydrogen-bond donors (Lipinski definition) is 1. The van der Waals surface area contributed by atoms with Gasteiger partial charge in [0.05, 0.1) is 0 Å². The van der Waals surface area contributed by atoms with Crippen LogP contribution < -0.4 is 5.32 Å². The first-order chi connectivity index (χ1) is 9.85. The Morgan fingerprint density at radius 3 is 2.05 bits per heavy atom. The van der Waals surface area contributed by atoms with Gasteiger partial charge >= 0.3 is 0 Å². The SMILES string of the molecule is CCC(c1ccccc1)C(CCc1ccccc1)NC. The second kappa shape index (κ2) is 7.86. The van der Waals surface area contributed by atoms with Crippen molar-refractivity contribution in [1.29, 1.82) is 0 Å². The van der Waals surface area contributed by atoms with Gasteiger partial charge in [0.1, 0.15) is 0 Å². The molecule has 0 bridgehead atoms. The summed E-state index contributed by atoms with van der Waals surface area (Å²) < 4.78 is 0. The molecule has 20 heavy (non-hydrogen) atoms. The molecule has 0 amide bonds. The van der Waals surface area contributed by atoms with Crippen LogP contribution in [-0.2, 0) is 6.42 Å². The lowest BCUT2D eigenvalue weighted by Crippen LogP contribution is -2.32. The molecule has 106 valence electrons. The number of benzene rings is 2. The number of nitrogens with one attached hydrogen (secondary N) is 1. The Hall–Kier alpha value is -1.60. The molecule has 0 heterocycles. The highest BCUT2D eigenvalue weighted by Gasteiger charge is 2.19. The molecule has 0 aliphatic carbocycles. The maximum atomic E-state index is 3.52. The first-order valence-electron chi connectivity index (χ1n) is 7.61. The Morgan fingerprint density at radius 1 is 0.900 bits per heavy atom. The summed E-state index contributed by atoms with van der Waals surface area (Å²) in [7, 11) is 2.08. The standard InChI is InChI=1S/C19H25N/c1-3-18(17-12-8-5-9-13-17)19(20-2)15-14-16-10-6-4-7-11-16/h4-13,18-20H,3,14-15H2,1-2H3. The van der Waals surface area contributed by atoms with Crippen molar-refractivity contribution in [3.8, 4) is 0 Å². The van der Waals surface area contributed by atoms with E-state index in [1.165, 1.54) is 24.0 Å². The molecule has 2 aromatic carbocycles. The fourth-order valence-corrected chi connectivity index (χ4v) is 2.97. The molecule has 0 aromatic heterocycles. The third-order valence-corrected chi connectivity index (χ3v) is 4.11. The molecular formula is C19H25N. The van der Waals surface area contributed by atoms with Crippen molar-refractivity contribution in [2.24, 2.45) is 0 Å². The Bertz CT molecular complexity index is 478. The Labute approximate surface area is 123 Å². The minimum atomic E-state index is 0.530. The highest BCUT2D eigenvalue weighted by Crippen LogP contribution is 2.25. The molecule has 2 rings (SSSR count). The topological polar surface area (TPSA) is 12.0 Å². The van der Waals surface area contributed by atoms with Crippen LogP contribution >= 0.6 is 0 Å². The lowest BCUT2D eigenvalue weighted by Gasteiger charge is -2.26. The van der Waals surface area contributed by atoms with Gasteiger partial charge in [-0.2, -0.15) is 0 Å². The zero-order valence-corrected chi connectivity index (χ0v) is 12.5. The van der Waals surface area contributed by atoms with Gasteiger partial charge in [0, 0.05) is 6.04 Å². The normalized spacial score (nSPS) is 13.9. The first-order valence-corrected chi connectivity index (χ1v) is 7.61. The largest absolute Gasteiger partial charge is 0.316 e. The third-order valence-electron chi connectivity index (χ3n) is 4.11. The van der Waals surface area contributed by atoms with Crippen LogP contribution in [0, 0.1) is 0 Å². The van der Waals surface area contributed by atoms with Crippen LogP contribution in [0.15, 0.2) is 60.7 Å². The predicted molar refractivity (Wildman–Crippen MR) is 87.1 cm³/mol. The lowest BCUT2D eigenvalue weighted by atomic mass is 9.86. The van der Waals surface area contributed by atoms with Gasteiger partial charge in [-0.3, -0.25) is 0 Å². The molecule has 1 nitrogen and oxygen atoms in total. The van der Waals surface area contributed by atoms with Gasteiger partial charge in [0.25, 0.3) is 0 Å². The molecule has 0 radical (unpaired) electrons. The van der Waals surface area contributed by atoms with Crippen LogP contribution in [-0.4, -0.2) is 13.1 Å². The maximum Gasteiger partial charge on any atom is 0.0136 e. The van der Waals surface area contributed by atoms with Crippen molar-refractivity contribution < 1.29 is 0 Å². The zero-order valence-electron chi connectivity index (χ0n) is 12.5. The van der Waals surface area contributed by atoms with Crippen molar-refractivity contribution in [3.05, 3.63) is 71.8 Å². The summed E-state index contributed by atoms with van der Waals surface area (Å²) in [5, 5.41) is 3.52. The van der Waals surface area contributed by atoms with Gasteiger partial charge in [-0.05, 0) is 43.4 Å². The van der Waals surface area contributed by atoms with Gasteiger partial charge in [-0.1, -0.05) is 67.6 Å². The van der Waals surface area contributed by atoms with Crippen LogP contribution in [0.1, 0.15) is 36.8 Å². The van der Waals surface area contributed by atoms with Crippen molar-refractivity contribution in [2.75, 3.05) is 7.05 Å². The summed E-state index contributed by atoms with van der Waals surface area (Å²) in [5.74, 6) is 0.588. The molecule has 0 spiro atoms. The quantitative estimate of drug-likeness (QED) is 0.784. The highest BCUT2D eigenvalue weighted by atomic mass is 14.9. The molecule has 0 fully saturated rings. The molecule has 2 unspecified atom stereocenters. The molecule has 0 saturated heterocycles. The average Bonchev–Trinajstić information content (AvgIpc) is 2.53. The fourth-order valence-electron chi connectivity index (χ4n) is 2.97. The van der Waals surface area contributed by atoms with E-state index < -0.39 is 0 Å². The highest BCUT2D eigenvalue weighted by molar-refractivity contribution is 5.22. The van der Waals surface area contributed by atoms with E-state index in [-0.39, 0.29) is 0 Å². The summed E-state index contributed by atoms with van der Waals surface area (Å²) in [5.41, 5.74) is 2.87. The van der Waals surface area contributed by atoms with Crippen molar-refractivity contribution in [1.82, 2.24) is 5.32 Å². The summed E-state index contributed by atoms with van der Waals surface area (Å²) >= 11 is 0. The summed E-state index contributed by atoms with van der Waals surface area (Å²) in [6.07, 6.45) is 3.48. The van der Waals surface area contributed by atoms with E-state index in [4.69, 9.17) is 0 Å². The number of aryl methyl sites for hydroxylation is 1. The number of likely N-dealkylation sites (N-methyl/N-ethyl adjacent to an activating group) is 1. The molecule has 2 aromatic rings. The number of hydrogen-bond acceptors (Lipinski definition) is 1. The van der Waals surface area contributed by atoms with Crippen LogP contribution in [0.25, 0.3) is 0 Å². The Kier molecular flexibility index (Phi) is 5.82. The van der Waals surface area contributed by atoms with E-state index in [0.29, 0.717) is 12.0 Å². The van der Waals surface area contributed by atoms with Gasteiger partial charge in [-0.25, -0.2) is 0 Å². The summed E-state index contributed by atoms with van der Waals surface area (Å²) in [6.45, 7) is 2.28. The summed E-state index contributed by atoms with van der Waals surface area (Å²) in [6, 6.07) is 22.2. The number of rotatable bonds is 7. The third kappa shape index (κ3) is 3.94. The smallest absolute Gasteiger partial charge is 0.0136 e. The Balaban J connectivity index is 2.03. The van der Waals surface area contributed by atoms with Gasteiger partial charge in [0.2, 0.25) is 0 Å².